The first-order valence-corrected chi connectivity index (χ1v) is 17.3. The summed E-state index contributed by atoms with van der Waals surface area (Å²) in [4.78, 5) is 2.50. The highest BCUT2D eigenvalue weighted by Crippen LogP contribution is 2.48. The van der Waals surface area contributed by atoms with Gasteiger partial charge in [0.15, 0.2) is 0 Å². The first-order chi connectivity index (χ1) is 23.8. The molecule has 0 bridgehead atoms. The van der Waals surface area contributed by atoms with Crippen LogP contribution in [0.5, 0.6) is 0 Å². The molecule has 9 aromatic carbocycles. The Morgan fingerprint density at radius 1 is 0.354 bits per heavy atom. The molecule has 48 heavy (non-hydrogen) atoms. The predicted molar refractivity (Wildman–Crippen MR) is 209 cm³/mol. The van der Waals surface area contributed by atoms with Crippen LogP contribution in [0.4, 0.5) is 17.1 Å². The normalized spacial score (nSPS) is 11.8. The van der Waals surface area contributed by atoms with Gasteiger partial charge in [-0.15, -0.1) is 11.3 Å². The van der Waals surface area contributed by atoms with E-state index in [0.29, 0.717) is 0 Å². The topological polar surface area (TPSA) is 3.24 Å². The van der Waals surface area contributed by atoms with Crippen LogP contribution in [-0.4, -0.2) is 0 Å². The van der Waals surface area contributed by atoms with Crippen molar-refractivity contribution in [3.63, 3.8) is 0 Å². The van der Waals surface area contributed by atoms with Crippen LogP contribution in [-0.2, 0) is 0 Å². The number of thiophene rings is 1. The maximum atomic E-state index is 2.50. The van der Waals surface area contributed by atoms with Gasteiger partial charge in [0, 0.05) is 36.8 Å². The van der Waals surface area contributed by atoms with Gasteiger partial charge in [0.25, 0.3) is 0 Å². The van der Waals surface area contributed by atoms with Gasteiger partial charge in [0.05, 0.1) is 11.4 Å². The van der Waals surface area contributed by atoms with Crippen molar-refractivity contribution in [1.82, 2.24) is 0 Å². The number of benzene rings is 9. The molecule has 0 saturated carbocycles. The molecule has 0 atom stereocenters. The Balaban J connectivity index is 1.32. The van der Waals surface area contributed by atoms with E-state index in [1.165, 1.54) is 80.1 Å². The summed E-state index contributed by atoms with van der Waals surface area (Å²) in [5.74, 6) is 0. The molecule has 224 valence electrons. The van der Waals surface area contributed by atoms with Crippen LogP contribution in [0, 0.1) is 0 Å². The largest absolute Gasteiger partial charge is 0.309 e. The summed E-state index contributed by atoms with van der Waals surface area (Å²) in [7, 11) is 0. The lowest BCUT2D eigenvalue weighted by Crippen LogP contribution is -2.12. The van der Waals surface area contributed by atoms with Gasteiger partial charge in [0.1, 0.15) is 0 Å². The second kappa shape index (κ2) is 10.8. The molecule has 1 aromatic heterocycles. The zero-order chi connectivity index (χ0) is 31.6. The molecule has 0 unspecified atom stereocenters. The Morgan fingerprint density at radius 3 is 1.81 bits per heavy atom. The van der Waals surface area contributed by atoms with Crippen molar-refractivity contribution in [3.05, 3.63) is 176 Å². The molecule has 0 aliphatic carbocycles. The highest BCUT2D eigenvalue weighted by atomic mass is 32.1. The Bertz CT molecular complexity index is 2850. The zero-order valence-electron chi connectivity index (χ0n) is 26.1. The van der Waals surface area contributed by atoms with Crippen molar-refractivity contribution in [1.29, 1.82) is 0 Å². The minimum absolute atomic E-state index is 1.14. The third-order valence-electron chi connectivity index (χ3n) is 9.82. The summed E-state index contributed by atoms with van der Waals surface area (Å²) in [6, 6.07) is 64.5. The summed E-state index contributed by atoms with van der Waals surface area (Å²) in [5, 5.41) is 12.7. The minimum atomic E-state index is 1.14. The van der Waals surface area contributed by atoms with Gasteiger partial charge < -0.3 is 4.90 Å². The van der Waals surface area contributed by atoms with Gasteiger partial charge in [-0.2, -0.15) is 0 Å². The molecule has 0 aliphatic rings. The van der Waals surface area contributed by atoms with E-state index in [0.717, 1.165) is 11.4 Å². The van der Waals surface area contributed by atoms with Gasteiger partial charge in [-0.25, -0.2) is 0 Å². The lowest BCUT2D eigenvalue weighted by molar-refractivity contribution is 1.31. The monoisotopic (exact) mass is 627 g/mol. The Morgan fingerprint density at radius 2 is 0.979 bits per heavy atom. The van der Waals surface area contributed by atoms with Crippen molar-refractivity contribution in [3.8, 4) is 11.1 Å². The van der Waals surface area contributed by atoms with Gasteiger partial charge in [-0.05, 0) is 73.6 Å². The number of fused-ring (bicyclic) bond motifs is 10. The lowest BCUT2D eigenvalue weighted by atomic mass is 9.94. The fourth-order valence-electron chi connectivity index (χ4n) is 7.60. The summed E-state index contributed by atoms with van der Waals surface area (Å²) < 4.78 is 2.65. The van der Waals surface area contributed by atoms with E-state index in [-0.39, 0.29) is 0 Å². The molecule has 1 heterocycles. The minimum Gasteiger partial charge on any atom is -0.309 e. The Hall–Kier alpha value is -5.96. The summed E-state index contributed by atoms with van der Waals surface area (Å²) in [5.41, 5.74) is 5.85. The predicted octanol–water partition coefficient (Wildman–Crippen LogP) is 13.8. The molecule has 0 fully saturated rings. The Labute approximate surface area is 282 Å². The van der Waals surface area contributed by atoms with Crippen LogP contribution in [0.2, 0.25) is 0 Å². The summed E-state index contributed by atoms with van der Waals surface area (Å²) >= 11 is 1.89. The quantitative estimate of drug-likeness (QED) is 0.176. The lowest BCUT2D eigenvalue weighted by Gasteiger charge is -2.30. The smallest absolute Gasteiger partial charge is 0.0546 e. The molecule has 0 radical (unpaired) electrons. The maximum absolute atomic E-state index is 2.50. The fourth-order valence-corrected chi connectivity index (χ4v) is 8.82. The molecule has 10 aromatic rings. The van der Waals surface area contributed by atoms with E-state index < -0.39 is 0 Å². The summed E-state index contributed by atoms with van der Waals surface area (Å²) in [6.45, 7) is 0. The van der Waals surface area contributed by atoms with E-state index in [9.17, 15) is 0 Å². The number of hydrogen-bond acceptors (Lipinski definition) is 2. The van der Waals surface area contributed by atoms with Crippen molar-refractivity contribution >= 4 is 91.7 Å². The van der Waals surface area contributed by atoms with Crippen LogP contribution in [0.15, 0.2) is 176 Å². The SMILES string of the molecule is c1ccc(-c2ccccc2N(c2ccc3sc4c5ccccc5ccc4c3c2)c2cc3c4ccccc4ccc3c3ccccc23)cc1. The summed E-state index contributed by atoms with van der Waals surface area (Å²) in [6.07, 6.45) is 0. The number of nitrogens with zero attached hydrogens (tertiary/aromatic N) is 1. The average Bonchev–Trinajstić information content (AvgIpc) is 3.54. The number of para-hydroxylation sites is 1. The van der Waals surface area contributed by atoms with Crippen molar-refractivity contribution in [2.24, 2.45) is 0 Å². The van der Waals surface area contributed by atoms with Crippen LogP contribution < -0.4 is 4.90 Å². The molecule has 0 amide bonds. The van der Waals surface area contributed by atoms with Crippen LogP contribution in [0.3, 0.4) is 0 Å². The van der Waals surface area contributed by atoms with E-state index in [1.807, 2.05) is 11.3 Å². The average molecular weight is 628 g/mol. The molecular weight excluding hydrogens is 599 g/mol. The van der Waals surface area contributed by atoms with Gasteiger partial charge in [0.2, 0.25) is 0 Å². The van der Waals surface area contributed by atoms with E-state index >= 15 is 0 Å². The maximum Gasteiger partial charge on any atom is 0.0546 e. The van der Waals surface area contributed by atoms with Crippen molar-refractivity contribution in [2.45, 2.75) is 0 Å². The molecule has 1 nitrogen and oxygen atoms in total. The van der Waals surface area contributed by atoms with Gasteiger partial charge in [-0.1, -0.05) is 146 Å². The molecule has 2 heteroatoms. The first-order valence-electron chi connectivity index (χ1n) is 16.4. The standard InChI is InChI=1S/C46H29NS/c1-2-12-30(13-3-1)35-17-10-11-21-43(35)47(33-24-27-45-42(28-33)40-26-23-32-15-5-7-18-36(32)46(40)48-45)44-29-41-34-16-6-4-14-31(34)22-25-38(41)37-19-8-9-20-39(37)44/h1-29H. The number of hydrogen-bond donors (Lipinski definition) is 0. The van der Waals surface area contributed by atoms with Crippen LogP contribution in [0.25, 0.3) is 74.4 Å². The number of rotatable bonds is 4. The van der Waals surface area contributed by atoms with Crippen molar-refractivity contribution < 1.29 is 0 Å². The fraction of sp³-hybridized carbons (Fsp3) is 0. The third-order valence-corrected chi connectivity index (χ3v) is 11.0. The van der Waals surface area contributed by atoms with E-state index in [4.69, 9.17) is 0 Å². The Kier molecular flexibility index (Phi) is 6.12. The molecule has 0 saturated heterocycles. The van der Waals surface area contributed by atoms with E-state index in [2.05, 4.69) is 181 Å². The molecule has 0 N–H and O–H groups in total. The zero-order valence-corrected chi connectivity index (χ0v) is 26.9. The van der Waals surface area contributed by atoms with E-state index in [1.54, 1.807) is 0 Å². The molecule has 0 spiro atoms. The third kappa shape index (κ3) is 4.17. The second-order valence-electron chi connectivity index (χ2n) is 12.5. The second-order valence-corrected chi connectivity index (χ2v) is 13.5. The first kappa shape index (κ1) is 27.2. The number of anilines is 3. The highest BCUT2D eigenvalue weighted by Gasteiger charge is 2.22. The highest BCUT2D eigenvalue weighted by molar-refractivity contribution is 7.26. The van der Waals surface area contributed by atoms with Gasteiger partial charge in [-0.3, -0.25) is 0 Å². The molecule has 0 aliphatic heterocycles. The van der Waals surface area contributed by atoms with Crippen LogP contribution >= 0.6 is 11.3 Å². The van der Waals surface area contributed by atoms with Gasteiger partial charge >= 0.3 is 0 Å². The molecular formula is C46H29NS. The molecule has 10 rings (SSSR count). The van der Waals surface area contributed by atoms with Crippen LogP contribution in [0.1, 0.15) is 0 Å². The van der Waals surface area contributed by atoms with Crippen molar-refractivity contribution in [2.75, 3.05) is 4.90 Å².